The summed E-state index contributed by atoms with van der Waals surface area (Å²) in [6, 6.07) is 5.15. The molecule has 0 spiro atoms. The van der Waals surface area contributed by atoms with Crippen molar-refractivity contribution in [2.24, 2.45) is 0 Å². The maximum absolute atomic E-state index is 2.58. The van der Waals surface area contributed by atoms with Crippen LogP contribution >= 0.6 is 0 Å². The number of hydrogen-bond acceptors (Lipinski definition) is 0. The molecule has 0 atom stereocenters. The highest BCUT2D eigenvalue weighted by Gasteiger charge is 2.24. The Morgan fingerprint density at radius 1 is 0.600 bits per heavy atom. The van der Waals surface area contributed by atoms with Crippen LogP contribution in [-0.4, -0.2) is 0 Å². The van der Waals surface area contributed by atoms with Crippen LogP contribution in [0.4, 0.5) is 0 Å². The predicted molar refractivity (Wildman–Crippen MR) is 138 cm³/mol. The summed E-state index contributed by atoms with van der Waals surface area (Å²) in [4.78, 5) is 0. The number of aryl methyl sites for hydroxylation is 2. The molecule has 0 heterocycles. The molecule has 0 fully saturated rings. The van der Waals surface area contributed by atoms with E-state index < -0.39 is 0 Å². The molecule has 0 bridgehead atoms. The van der Waals surface area contributed by atoms with E-state index in [2.05, 4.69) is 93.5 Å². The topological polar surface area (TPSA) is 0 Å². The van der Waals surface area contributed by atoms with Crippen molar-refractivity contribution in [1.29, 1.82) is 0 Å². The van der Waals surface area contributed by atoms with Crippen molar-refractivity contribution >= 4 is 0 Å². The number of unbranched alkanes of at least 4 members (excludes halogenated alkanes) is 4. The SMILES string of the molecule is CC(C)=CCCCCc1cc(C(C)(C)C)c(CCCCC=C(C)C)cc1C(C)(C)C. The van der Waals surface area contributed by atoms with E-state index in [9.17, 15) is 0 Å². The zero-order valence-electron chi connectivity index (χ0n) is 22.0. The zero-order chi connectivity index (χ0) is 22.9. The summed E-state index contributed by atoms with van der Waals surface area (Å²) in [7, 11) is 0. The fourth-order valence-corrected chi connectivity index (χ4v) is 4.20. The van der Waals surface area contributed by atoms with Gasteiger partial charge in [0.15, 0.2) is 0 Å². The Bertz CT molecular complexity index is 642. The van der Waals surface area contributed by atoms with Crippen molar-refractivity contribution in [2.75, 3.05) is 0 Å². The van der Waals surface area contributed by atoms with Crippen LogP contribution in [0.15, 0.2) is 35.4 Å². The van der Waals surface area contributed by atoms with E-state index in [-0.39, 0.29) is 10.8 Å². The molecule has 0 saturated heterocycles. The summed E-state index contributed by atoms with van der Waals surface area (Å²) in [5, 5.41) is 0. The van der Waals surface area contributed by atoms with Crippen molar-refractivity contribution in [1.82, 2.24) is 0 Å². The molecule has 0 N–H and O–H groups in total. The van der Waals surface area contributed by atoms with Gasteiger partial charge in [0.05, 0.1) is 0 Å². The third-order valence-corrected chi connectivity index (χ3v) is 5.85. The van der Waals surface area contributed by atoms with Crippen molar-refractivity contribution in [3.05, 3.63) is 57.7 Å². The minimum Gasteiger partial charge on any atom is -0.0859 e. The first-order valence-electron chi connectivity index (χ1n) is 12.3. The maximum atomic E-state index is 2.58. The highest BCUT2D eigenvalue weighted by molar-refractivity contribution is 5.45. The molecule has 0 heteroatoms. The molecule has 1 aromatic carbocycles. The third-order valence-electron chi connectivity index (χ3n) is 5.85. The Labute approximate surface area is 189 Å². The van der Waals surface area contributed by atoms with Gasteiger partial charge in [-0.1, -0.05) is 77.0 Å². The van der Waals surface area contributed by atoms with Gasteiger partial charge in [-0.3, -0.25) is 0 Å². The molecule has 0 aliphatic carbocycles. The van der Waals surface area contributed by atoms with E-state index in [4.69, 9.17) is 0 Å². The van der Waals surface area contributed by atoms with Gasteiger partial charge < -0.3 is 0 Å². The fraction of sp³-hybridized carbons (Fsp3) is 0.667. The largest absolute Gasteiger partial charge is 0.0859 e. The molecule has 0 saturated carbocycles. The minimum absolute atomic E-state index is 0.197. The molecule has 0 amide bonds. The Balaban J connectivity index is 3.10. The van der Waals surface area contributed by atoms with Crippen LogP contribution in [0, 0.1) is 0 Å². The lowest BCUT2D eigenvalue weighted by molar-refractivity contribution is 0.558. The first-order valence-corrected chi connectivity index (χ1v) is 12.3. The molecule has 0 radical (unpaired) electrons. The summed E-state index contributed by atoms with van der Waals surface area (Å²) in [5.41, 5.74) is 9.57. The van der Waals surface area contributed by atoms with Crippen LogP contribution in [0.1, 0.15) is 130 Å². The molecule has 170 valence electrons. The fourth-order valence-electron chi connectivity index (χ4n) is 4.20. The molecular formula is C30H50. The van der Waals surface area contributed by atoms with Gasteiger partial charge in [-0.05, 0) is 112 Å². The molecule has 1 aromatic rings. The highest BCUT2D eigenvalue weighted by Crippen LogP contribution is 2.35. The molecule has 0 aromatic heterocycles. The van der Waals surface area contributed by atoms with Crippen LogP contribution in [0.3, 0.4) is 0 Å². The summed E-state index contributed by atoms with van der Waals surface area (Å²) in [5.74, 6) is 0. The highest BCUT2D eigenvalue weighted by atomic mass is 14.3. The van der Waals surface area contributed by atoms with Crippen molar-refractivity contribution in [2.45, 2.75) is 131 Å². The van der Waals surface area contributed by atoms with Gasteiger partial charge in [-0.2, -0.15) is 0 Å². The summed E-state index contributed by atoms with van der Waals surface area (Å²) < 4.78 is 0. The Kier molecular flexibility index (Phi) is 10.6. The third kappa shape index (κ3) is 9.67. The Morgan fingerprint density at radius 3 is 1.20 bits per heavy atom. The lowest BCUT2D eigenvalue weighted by Gasteiger charge is -2.30. The Morgan fingerprint density at radius 2 is 0.933 bits per heavy atom. The predicted octanol–water partition coefficient (Wildman–Crippen LogP) is 9.64. The molecular weight excluding hydrogens is 360 g/mol. The molecule has 30 heavy (non-hydrogen) atoms. The zero-order valence-corrected chi connectivity index (χ0v) is 22.0. The Hall–Kier alpha value is -1.30. The second kappa shape index (κ2) is 11.9. The van der Waals surface area contributed by atoms with E-state index in [0.717, 1.165) is 0 Å². The smallest absolute Gasteiger partial charge is 0.0129 e. The van der Waals surface area contributed by atoms with E-state index in [1.165, 1.54) is 62.5 Å². The van der Waals surface area contributed by atoms with Gasteiger partial charge in [0, 0.05) is 0 Å². The lowest BCUT2D eigenvalue weighted by atomic mass is 9.75. The number of hydrogen-bond donors (Lipinski definition) is 0. The average Bonchev–Trinajstić information content (AvgIpc) is 2.59. The molecule has 1 rings (SSSR count). The lowest BCUT2D eigenvalue weighted by Crippen LogP contribution is -2.20. The van der Waals surface area contributed by atoms with E-state index in [0.29, 0.717) is 0 Å². The molecule has 0 aliphatic rings. The molecule has 0 nitrogen and oxygen atoms in total. The van der Waals surface area contributed by atoms with Crippen LogP contribution in [0.5, 0.6) is 0 Å². The summed E-state index contributed by atoms with van der Waals surface area (Å²) in [6.07, 6.45) is 14.7. The van der Waals surface area contributed by atoms with E-state index in [1.54, 1.807) is 22.3 Å². The standard InChI is InChI=1S/C30H50/c1-23(2)17-13-11-15-19-25-21-28(30(8,9)10)26(22-27(25)29(5,6)7)20-16-12-14-18-24(3)4/h17-18,21-22H,11-16,19-20H2,1-10H3. The van der Waals surface area contributed by atoms with Gasteiger partial charge in [0.25, 0.3) is 0 Å². The van der Waals surface area contributed by atoms with Gasteiger partial charge in [0.1, 0.15) is 0 Å². The van der Waals surface area contributed by atoms with Gasteiger partial charge in [-0.15, -0.1) is 0 Å². The van der Waals surface area contributed by atoms with Crippen LogP contribution < -0.4 is 0 Å². The quantitative estimate of drug-likeness (QED) is 0.266. The van der Waals surface area contributed by atoms with Crippen molar-refractivity contribution in [3.8, 4) is 0 Å². The minimum atomic E-state index is 0.197. The van der Waals surface area contributed by atoms with E-state index >= 15 is 0 Å². The first-order chi connectivity index (χ1) is 13.8. The monoisotopic (exact) mass is 410 g/mol. The molecule has 0 unspecified atom stereocenters. The second-order valence-corrected chi connectivity index (χ2v) is 11.7. The van der Waals surface area contributed by atoms with Crippen molar-refractivity contribution < 1.29 is 0 Å². The number of rotatable bonds is 10. The second-order valence-electron chi connectivity index (χ2n) is 11.7. The van der Waals surface area contributed by atoms with Crippen LogP contribution in [0.25, 0.3) is 0 Å². The molecule has 0 aliphatic heterocycles. The van der Waals surface area contributed by atoms with Crippen LogP contribution in [-0.2, 0) is 23.7 Å². The number of allylic oxidation sites excluding steroid dienone is 4. The maximum Gasteiger partial charge on any atom is -0.0129 e. The van der Waals surface area contributed by atoms with Gasteiger partial charge >= 0.3 is 0 Å². The van der Waals surface area contributed by atoms with Gasteiger partial charge in [-0.25, -0.2) is 0 Å². The van der Waals surface area contributed by atoms with E-state index in [1.807, 2.05) is 0 Å². The van der Waals surface area contributed by atoms with Crippen molar-refractivity contribution in [3.63, 3.8) is 0 Å². The van der Waals surface area contributed by atoms with Crippen LogP contribution in [0.2, 0.25) is 0 Å². The first kappa shape index (κ1) is 26.7. The summed E-state index contributed by atoms with van der Waals surface area (Å²) >= 11 is 0. The summed E-state index contributed by atoms with van der Waals surface area (Å²) in [6.45, 7) is 23.1. The number of benzene rings is 1. The average molecular weight is 411 g/mol. The normalized spacial score (nSPS) is 12.1. The van der Waals surface area contributed by atoms with Gasteiger partial charge in [0.2, 0.25) is 0 Å².